The summed E-state index contributed by atoms with van der Waals surface area (Å²) in [6, 6.07) is 13.6. The standard InChI is InChI=1S/C22H33N5/c1-18-9-11-19(12-10-18)21(27-14-5-6-15-27)16-24-22(23-2)26(4)17-20-8-7-13-25(20)3/h7-13,21H,5-6,14-17H2,1-4H3,(H,23,24). The normalized spacial score (nSPS) is 16.5. The van der Waals surface area contributed by atoms with Crippen LogP contribution >= 0.6 is 0 Å². The summed E-state index contributed by atoms with van der Waals surface area (Å²) in [7, 11) is 6.04. The van der Waals surface area contributed by atoms with Crippen LogP contribution in [-0.4, -0.2) is 54.1 Å². The first-order chi connectivity index (χ1) is 13.1. The number of rotatable bonds is 6. The Morgan fingerprint density at radius 2 is 1.89 bits per heavy atom. The predicted octanol–water partition coefficient (Wildman–Crippen LogP) is 3.18. The molecule has 0 saturated carbocycles. The largest absolute Gasteiger partial charge is 0.354 e. The quantitative estimate of drug-likeness (QED) is 0.629. The summed E-state index contributed by atoms with van der Waals surface area (Å²) >= 11 is 0. The smallest absolute Gasteiger partial charge is 0.193 e. The van der Waals surface area contributed by atoms with E-state index in [0.29, 0.717) is 6.04 Å². The molecule has 1 fully saturated rings. The van der Waals surface area contributed by atoms with Crippen molar-refractivity contribution >= 4 is 5.96 Å². The van der Waals surface area contributed by atoms with Gasteiger partial charge in [-0.3, -0.25) is 9.89 Å². The SMILES string of the molecule is CN=C(NCC(c1ccc(C)cc1)N1CCCC1)N(C)Cc1cccn1C. The molecular formula is C22H33N5. The summed E-state index contributed by atoms with van der Waals surface area (Å²) in [5, 5.41) is 3.62. The van der Waals surface area contributed by atoms with Crippen molar-refractivity contribution in [3.8, 4) is 0 Å². The molecule has 1 atom stereocenters. The highest BCUT2D eigenvalue weighted by molar-refractivity contribution is 5.79. The van der Waals surface area contributed by atoms with Gasteiger partial charge in [0, 0.05) is 39.6 Å². The number of aromatic nitrogens is 1. The molecular weight excluding hydrogens is 334 g/mol. The third-order valence-corrected chi connectivity index (χ3v) is 5.52. The lowest BCUT2D eigenvalue weighted by Crippen LogP contribution is -2.43. The molecule has 2 heterocycles. The van der Waals surface area contributed by atoms with Gasteiger partial charge >= 0.3 is 0 Å². The lowest BCUT2D eigenvalue weighted by atomic mass is 10.0. The molecule has 0 aliphatic carbocycles. The van der Waals surface area contributed by atoms with Gasteiger partial charge in [0.15, 0.2) is 5.96 Å². The predicted molar refractivity (Wildman–Crippen MR) is 113 cm³/mol. The van der Waals surface area contributed by atoms with E-state index >= 15 is 0 Å². The molecule has 1 aliphatic heterocycles. The van der Waals surface area contributed by atoms with E-state index in [-0.39, 0.29) is 0 Å². The first-order valence-corrected chi connectivity index (χ1v) is 9.91. The maximum atomic E-state index is 4.51. The van der Waals surface area contributed by atoms with Crippen molar-refractivity contribution in [3.63, 3.8) is 0 Å². The van der Waals surface area contributed by atoms with Crippen LogP contribution in [-0.2, 0) is 13.6 Å². The van der Waals surface area contributed by atoms with Gasteiger partial charge in [-0.15, -0.1) is 0 Å². The summed E-state index contributed by atoms with van der Waals surface area (Å²) < 4.78 is 2.16. The van der Waals surface area contributed by atoms with Crippen LogP contribution in [0, 0.1) is 6.92 Å². The second-order valence-electron chi connectivity index (χ2n) is 7.56. The molecule has 146 valence electrons. The van der Waals surface area contributed by atoms with Crippen LogP contribution in [0.1, 0.15) is 35.7 Å². The van der Waals surface area contributed by atoms with E-state index < -0.39 is 0 Å². The second-order valence-corrected chi connectivity index (χ2v) is 7.56. The van der Waals surface area contributed by atoms with E-state index in [1.807, 2.05) is 7.05 Å². The Hall–Kier alpha value is -2.27. The van der Waals surface area contributed by atoms with E-state index in [1.165, 1.54) is 42.8 Å². The lowest BCUT2D eigenvalue weighted by Gasteiger charge is -2.30. The lowest BCUT2D eigenvalue weighted by molar-refractivity contribution is 0.244. The number of aliphatic imine (C=N–C) groups is 1. The highest BCUT2D eigenvalue weighted by Gasteiger charge is 2.24. The number of nitrogens with one attached hydrogen (secondary N) is 1. The summed E-state index contributed by atoms with van der Waals surface area (Å²) in [6.07, 6.45) is 4.68. The number of hydrogen-bond donors (Lipinski definition) is 1. The van der Waals surface area contributed by atoms with Gasteiger partial charge in [-0.2, -0.15) is 0 Å². The Balaban J connectivity index is 1.67. The van der Waals surface area contributed by atoms with Gasteiger partial charge in [0.05, 0.1) is 12.6 Å². The van der Waals surface area contributed by atoms with Gasteiger partial charge in [0.1, 0.15) is 0 Å². The molecule has 5 heteroatoms. The molecule has 27 heavy (non-hydrogen) atoms. The van der Waals surface area contributed by atoms with Gasteiger partial charge in [0.25, 0.3) is 0 Å². The van der Waals surface area contributed by atoms with Gasteiger partial charge < -0.3 is 14.8 Å². The number of benzene rings is 1. The van der Waals surface area contributed by atoms with Crippen molar-refractivity contribution in [2.45, 2.75) is 32.4 Å². The topological polar surface area (TPSA) is 35.8 Å². The van der Waals surface area contributed by atoms with Crippen LogP contribution in [0.5, 0.6) is 0 Å². The van der Waals surface area contributed by atoms with E-state index in [2.05, 4.69) is 88.3 Å². The first kappa shape index (κ1) is 19.5. The third-order valence-electron chi connectivity index (χ3n) is 5.52. The zero-order valence-electron chi connectivity index (χ0n) is 17.2. The average Bonchev–Trinajstić information content (AvgIpc) is 3.32. The number of aryl methyl sites for hydroxylation is 2. The molecule has 0 amide bonds. The molecule has 1 unspecified atom stereocenters. The summed E-state index contributed by atoms with van der Waals surface area (Å²) in [5.41, 5.74) is 3.97. The van der Waals surface area contributed by atoms with Gasteiger partial charge in [-0.05, 0) is 50.6 Å². The van der Waals surface area contributed by atoms with Crippen LogP contribution in [0.15, 0.2) is 47.6 Å². The molecule has 1 aromatic heterocycles. The summed E-state index contributed by atoms with van der Waals surface area (Å²) in [5.74, 6) is 0.938. The Morgan fingerprint density at radius 1 is 1.19 bits per heavy atom. The number of likely N-dealkylation sites (tertiary alicyclic amines) is 1. The maximum absolute atomic E-state index is 4.51. The Morgan fingerprint density at radius 3 is 2.48 bits per heavy atom. The number of guanidine groups is 1. The monoisotopic (exact) mass is 367 g/mol. The zero-order chi connectivity index (χ0) is 19.2. The molecule has 0 bridgehead atoms. The summed E-state index contributed by atoms with van der Waals surface area (Å²) in [4.78, 5) is 9.29. The molecule has 0 radical (unpaired) electrons. The highest BCUT2D eigenvalue weighted by Crippen LogP contribution is 2.25. The minimum atomic E-state index is 0.383. The molecule has 3 rings (SSSR count). The number of nitrogens with zero attached hydrogens (tertiary/aromatic N) is 4. The molecule has 5 nitrogen and oxygen atoms in total. The highest BCUT2D eigenvalue weighted by atomic mass is 15.3. The van der Waals surface area contributed by atoms with Crippen LogP contribution in [0.2, 0.25) is 0 Å². The van der Waals surface area contributed by atoms with Gasteiger partial charge in [-0.1, -0.05) is 29.8 Å². The fourth-order valence-corrected chi connectivity index (χ4v) is 3.85. The Kier molecular flexibility index (Phi) is 6.56. The molecule has 1 saturated heterocycles. The summed E-state index contributed by atoms with van der Waals surface area (Å²) in [6.45, 7) is 6.21. The second kappa shape index (κ2) is 9.09. The van der Waals surface area contributed by atoms with Crippen molar-refractivity contribution in [1.82, 2.24) is 19.7 Å². The molecule has 0 spiro atoms. The van der Waals surface area contributed by atoms with E-state index in [4.69, 9.17) is 0 Å². The Labute approximate surface area is 163 Å². The van der Waals surface area contributed by atoms with Gasteiger partial charge in [0.2, 0.25) is 0 Å². The third kappa shape index (κ3) is 4.92. The van der Waals surface area contributed by atoms with Crippen molar-refractivity contribution < 1.29 is 0 Å². The molecule has 1 aliphatic rings. The van der Waals surface area contributed by atoms with Crippen LogP contribution in [0.25, 0.3) is 0 Å². The Bertz CT molecular complexity index is 740. The average molecular weight is 368 g/mol. The van der Waals surface area contributed by atoms with Crippen LogP contribution in [0.3, 0.4) is 0 Å². The van der Waals surface area contributed by atoms with E-state index in [9.17, 15) is 0 Å². The number of hydrogen-bond acceptors (Lipinski definition) is 2. The molecule has 1 aromatic carbocycles. The van der Waals surface area contributed by atoms with Crippen molar-refractivity contribution in [3.05, 3.63) is 59.4 Å². The maximum Gasteiger partial charge on any atom is 0.193 e. The van der Waals surface area contributed by atoms with Crippen LogP contribution in [0.4, 0.5) is 0 Å². The minimum absolute atomic E-state index is 0.383. The fourth-order valence-electron chi connectivity index (χ4n) is 3.85. The van der Waals surface area contributed by atoms with Crippen LogP contribution < -0.4 is 5.32 Å². The minimum Gasteiger partial charge on any atom is -0.354 e. The van der Waals surface area contributed by atoms with Crippen molar-refractivity contribution in [2.75, 3.05) is 33.7 Å². The molecule has 2 aromatic rings. The fraction of sp³-hybridized carbons (Fsp3) is 0.500. The van der Waals surface area contributed by atoms with Gasteiger partial charge in [-0.25, -0.2) is 0 Å². The van der Waals surface area contributed by atoms with E-state index in [1.54, 1.807) is 0 Å². The van der Waals surface area contributed by atoms with Crippen molar-refractivity contribution in [1.29, 1.82) is 0 Å². The molecule has 1 N–H and O–H groups in total. The zero-order valence-corrected chi connectivity index (χ0v) is 17.2. The first-order valence-electron chi connectivity index (χ1n) is 9.91. The van der Waals surface area contributed by atoms with Crippen molar-refractivity contribution in [2.24, 2.45) is 12.0 Å². The van der Waals surface area contributed by atoms with E-state index in [0.717, 1.165) is 19.0 Å².